The summed E-state index contributed by atoms with van der Waals surface area (Å²) in [5.74, 6) is -0.0727. The van der Waals surface area contributed by atoms with Gasteiger partial charge >= 0.3 is 0 Å². The van der Waals surface area contributed by atoms with Gasteiger partial charge in [0.05, 0.1) is 0 Å². The van der Waals surface area contributed by atoms with Gasteiger partial charge in [0.25, 0.3) is 0 Å². The molecule has 1 aromatic rings. The lowest BCUT2D eigenvalue weighted by Crippen LogP contribution is -2.29. The van der Waals surface area contributed by atoms with E-state index in [0.717, 1.165) is 11.8 Å². The quantitative estimate of drug-likeness (QED) is 0.357. The average Bonchev–Trinajstić information content (AvgIpc) is 2.15. The van der Waals surface area contributed by atoms with Crippen LogP contribution >= 0.6 is 0 Å². The van der Waals surface area contributed by atoms with E-state index in [1.54, 1.807) is 18.2 Å². The van der Waals surface area contributed by atoms with E-state index in [0.29, 0.717) is 12.1 Å². The molecule has 0 radical (unpaired) electrons. The summed E-state index contributed by atoms with van der Waals surface area (Å²) in [5.41, 5.74) is 6.67. The predicted molar refractivity (Wildman–Crippen MR) is 50.6 cm³/mol. The topological polar surface area (TPSA) is 79.0 Å². The van der Waals surface area contributed by atoms with Gasteiger partial charge in [0.15, 0.2) is 5.96 Å². The molecule has 0 unspecified atom stereocenters. The molecule has 0 fully saturated rings. The normalized spacial score (nSPS) is 9.23. The van der Waals surface area contributed by atoms with Crippen molar-refractivity contribution in [3.8, 4) is 0 Å². The Balaban J connectivity index is 2.66. The zero-order valence-corrected chi connectivity index (χ0v) is 7.08. The third-order valence-corrected chi connectivity index (χ3v) is 1.57. The fourth-order valence-electron chi connectivity index (χ4n) is 0.974. The summed E-state index contributed by atoms with van der Waals surface area (Å²) in [6.45, 7) is 0.469. The molecule has 4 nitrogen and oxygen atoms in total. The number of aldehydes is 1. The van der Waals surface area contributed by atoms with Gasteiger partial charge in [0, 0.05) is 12.1 Å². The third-order valence-electron chi connectivity index (χ3n) is 1.57. The zero-order chi connectivity index (χ0) is 9.68. The number of nitrogens with two attached hydrogens (primary N) is 1. The van der Waals surface area contributed by atoms with Crippen LogP contribution in [-0.4, -0.2) is 12.2 Å². The van der Waals surface area contributed by atoms with Crippen LogP contribution in [0.1, 0.15) is 15.9 Å². The molecule has 4 heteroatoms. The summed E-state index contributed by atoms with van der Waals surface area (Å²) >= 11 is 0. The molecule has 0 saturated heterocycles. The van der Waals surface area contributed by atoms with Crippen molar-refractivity contribution in [2.24, 2.45) is 5.73 Å². The highest BCUT2D eigenvalue weighted by Crippen LogP contribution is 2.02. The molecule has 68 valence electrons. The molecule has 0 amide bonds. The minimum atomic E-state index is -0.0727. The van der Waals surface area contributed by atoms with Crippen LogP contribution in [0, 0.1) is 5.41 Å². The molecule has 0 bridgehead atoms. The standard InChI is InChI=1S/C9H11N3O/c10-9(11)12-5-7-2-1-3-8(4-7)6-13/h1-4,6H,5H2,(H4,10,11,12). The largest absolute Gasteiger partial charge is 0.370 e. The average molecular weight is 177 g/mol. The highest BCUT2D eigenvalue weighted by molar-refractivity contribution is 5.75. The number of guanidine groups is 1. The number of rotatable bonds is 3. The Morgan fingerprint density at radius 2 is 2.38 bits per heavy atom. The molecule has 4 N–H and O–H groups in total. The maximum Gasteiger partial charge on any atom is 0.185 e. The van der Waals surface area contributed by atoms with Gasteiger partial charge in [-0.05, 0) is 11.6 Å². The summed E-state index contributed by atoms with van der Waals surface area (Å²) in [6.07, 6.45) is 0.789. The van der Waals surface area contributed by atoms with Crippen LogP contribution in [0.2, 0.25) is 0 Å². The molecule has 1 rings (SSSR count). The molecular formula is C9H11N3O. The molecule has 13 heavy (non-hydrogen) atoms. The van der Waals surface area contributed by atoms with Crippen molar-refractivity contribution in [1.82, 2.24) is 5.32 Å². The summed E-state index contributed by atoms with van der Waals surface area (Å²) in [5, 5.41) is 9.60. The Labute approximate surface area is 76.3 Å². The van der Waals surface area contributed by atoms with E-state index < -0.39 is 0 Å². The van der Waals surface area contributed by atoms with Crippen LogP contribution in [-0.2, 0) is 6.54 Å². The van der Waals surface area contributed by atoms with Crippen molar-refractivity contribution < 1.29 is 4.79 Å². The Morgan fingerprint density at radius 3 is 3.00 bits per heavy atom. The molecule has 0 spiro atoms. The smallest absolute Gasteiger partial charge is 0.185 e. The summed E-state index contributed by atoms with van der Waals surface area (Å²) in [6, 6.07) is 7.14. The molecule has 0 saturated carbocycles. The first-order valence-corrected chi connectivity index (χ1v) is 3.84. The molecule has 0 aliphatic rings. The number of hydrogen-bond acceptors (Lipinski definition) is 2. The highest BCUT2D eigenvalue weighted by Gasteiger charge is 1.94. The van der Waals surface area contributed by atoms with Gasteiger partial charge in [-0.1, -0.05) is 18.2 Å². The van der Waals surface area contributed by atoms with E-state index in [2.05, 4.69) is 5.32 Å². The van der Waals surface area contributed by atoms with Crippen LogP contribution in [0.3, 0.4) is 0 Å². The van der Waals surface area contributed by atoms with Crippen LogP contribution in [0.4, 0.5) is 0 Å². The van der Waals surface area contributed by atoms with Crippen molar-refractivity contribution in [2.75, 3.05) is 0 Å². The molecular weight excluding hydrogens is 166 g/mol. The number of carbonyl (C=O) groups is 1. The number of benzene rings is 1. The van der Waals surface area contributed by atoms with E-state index in [9.17, 15) is 4.79 Å². The SMILES string of the molecule is N=C(N)NCc1cccc(C=O)c1. The summed E-state index contributed by atoms with van der Waals surface area (Å²) in [7, 11) is 0. The first kappa shape index (κ1) is 9.25. The Morgan fingerprint density at radius 1 is 1.62 bits per heavy atom. The maximum absolute atomic E-state index is 10.4. The van der Waals surface area contributed by atoms with Crippen LogP contribution in [0.15, 0.2) is 24.3 Å². The highest BCUT2D eigenvalue weighted by atomic mass is 16.1. The fraction of sp³-hybridized carbons (Fsp3) is 0.111. The van der Waals surface area contributed by atoms with Gasteiger partial charge in [-0.2, -0.15) is 0 Å². The molecule has 1 aromatic carbocycles. The minimum Gasteiger partial charge on any atom is -0.370 e. The van der Waals surface area contributed by atoms with Gasteiger partial charge < -0.3 is 11.1 Å². The van der Waals surface area contributed by atoms with E-state index in [1.165, 1.54) is 0 Å². The third kappa shape index (κ3) is 2.94. The second kappa shape index (κ2) is 4.25. The lowest BCUT2D eigenvalue weighted by atomic mass is 10.1. The molecule has 0 atom stereocenters. The van der Waals surface area contributed by atoms with Crippen LogP contribution < -0.4 is 11.1 Å². The van der Waals surface area contributed by atoms with Gasteiger partial charge in [-0.3, -0.25) is 10.2 Å². The Kier molecular flexibility index (Phi) is 3.03. The van der Waals surface area contributed by atoms with E-state index in [-0.39, 0.29) is 5.96 Å². The second-order valence-electron chi connectivity index (χ2n) is 2.63. The number of nitrogens with one attached hydrogen (secondary N) is 2. The molecule has 0 aromatic heterocycles. The number of hydrogen-bond donors (Lipinski definition) is 3. The lowest BCUT2D eigenvalue weighted by molar-refractivity contribution is 0.112. The Bertz CT molecular complexity index is 322. The van der Waals surface area contributed by atoms with Gasteiger partial charge in [-0.15, -0.1) is 0 Å². The fourth-order valence-corrected chi connectivity index (χ4v) is 0.974. The second-order valence-corrected chi connectivity index (χ2v) is 2.63. The monoisotopic (exact) mass is 177 g/mol. The van der Waals surface area contributed by atoms with Crippen molar-refractivity contribution in [3.05, 3.63) is 35.4 Å². The molecule has 0 aliphatic heterocycles. The Hall–Kier alpha value is -1.84. The van der Waals surface area contributed by atoms with E-state index >= 15 is 0 Å². The van der Waals surface area contributed by atoms with Crippen molar-refractivity contribution >= 4 is 12.2 Å². The first-order chi connectivity index (χ1) is 6.22. The number of carbonyl (C=O) groups excluding carboxylic acids is 1. The van der Waals surface area contributed by atoms with Crippen LogP contribution in [0.5, 0.6) is 0 Å². The summed E-state index contributed by atoms with van der Waals surface area (Å²) in [4.78, 5) is 10.4. The van der Waals surface area contributed by atoms with Crippen LogP contribution in [0.25, 0.3) is 0 Å². The van der Waals surface area contributed by atoms with Crippen molar-refractivity contribution in [3.63, 3.8) is 0 Å². The van der Waals surface area contributed by atoms with Crippen molar-refractivity contribution in [2.45, 2.75) is 6.54 Å². The van der Waals surface area contributed by atoms with Gasteiger partial charge in [-0.25, -0.2) is 0 Å². The molecule has 0 heterocycles. The predicted octanol–water partition coefficient (Wildman–Crippen LogP) is 0.482. The van der Waals surface area contributed by atoms with E-state index in [1.807, 2.05) is 6.07 Å². The first-order valence-electron chi connectivity index (χ1n) is 3.84. The zero-order valence-electron chi connectivity index (χ0n) is 7.08. The lowest BCUT2D eigenvalue weighted by Gasteiger charge is -2.03. The maximum atomic E-state index is 10.4. The van der Waals surface area contributed by atoms with Crippen molar-refractivity contribution in [1.29, 1.82) is 5.41 Å². The van der Waals surface area contributed by atoms with E-state index in [4.69, 9.17) is 11.1 Å². The minimum absolute atomic E-state index is 0.0727. The van der Waals surface area contributed by atoms with Gasteiger partial charge in [0.1, 0.15) is 6.29 Å². The summed E-state index contributed by atoms with van der Waals surface area (Å²) < 4.78 is 0. The van der Waals surface area contributed by atoms with Gasteiger partial charge in [0.2, 0.25) is 0 Å². The molecule has 0 aliphatic carbocycles.